The molecule has 0 aliphatic heterocycles. The maximum Gasteiger partial charge on any atom is 0.132 e. The Kier molecular flexibility index (Phi) is 4.11. The molecule has 5 heteroatoms. The minimum absolute atomic E-state index is 0.265. The molecular weight excluding hydrogens is 226 g/mol. The van der Waals surface area contributed by atoms with E-state index in [-0.39, 0.29) is 5.54 Å². The van der Waals surface area contributed by atoms with Gasteiger partial charge in [0.15, 0.2) is 0 Å². The minimum atomic E-state index is -0.265. The Balaban J connectivity index is 2.89. The maximum absolute atomic E-state index is 8.80. The van der Waals surface area contributed by atoms with Gasteiger partial charge in [-0.2, -0.15) is 5.26 Å². The third-order valence-corrected chi connectivity index (χ3v) is 2.09. The molecule has 0 bridgehead atoms. The van der Waals surface area contributed by atoms with Crippen molar-refractivity contribution < 1.29 is 4.74 Å². The van der Waals surface area contributed by atoms with Crippen LogP contribution in [0.5, 0.6) is 0 Å². The van der Waals surface area contributed by atoms with E-state index >= 15 is 0 Å². The van der Waals surface area contributed by atoms with Crippen LogP contribution < -0.4 is 5.32 Å². The van der Waals surface area contributed by atoms with E-state index in [1.54, 1.807) is 13.2 Å². The number of nitrogens with one attached hydrogen (secondary N) is 1. The van der Waals surface area contributed by atoms with Crippen LogP contribution in [0.2, 0.25) is 5.15 Å². The summed E-state index contributed by atoms with van der Waals surface area (Å²) in [7, 11) is 1.63. The number of nitrogens with zero attached hydrogens (tertiary/aromatic N) is 2. The third kappa shape index (κ3) is 3.69. The van der Waals surface area contributed by atoms with Crippen molar-refractivity contribution in [3.8, 4) is 6.07 Å². The molecule has 1 N–H and O–H groups in total. The number of pyridine rings is 1. The standard InChI is InChI=1S/C11H14ClN3O/c1-11(2,7-16-3)15-10-5-8(6-13)4-9(12)14-10/h4-5H,7H2,1-3H3,(H,14,15). The molecule has 0 saturated heterocycles. The van der Waals surface area contributed by atoms with Gasteiger partial charge < -0.3 is 10.1 Å². The van der Waals surface area contributed by atoms with Crippen LogP contribution in [0.25, 0.3) is 0 Å². The first kappa shape index (κ1) is 12.8. The SMILES string of the molecule is COCC(C)(C)Nc1cc(C#N)cc(Cl)n1. The second-order valence-electron chi connectivity index (χ2n) is 4.12. The molecule has 1 aromatic rings. The molecule has 0 unspecified atom stereocenters. The summed E-state index contributed by atoms with van der Waals surface area (Å²) < 4.78 is 5.08. The molecule has 16 heavy (non-hydrogen) atoms. The molecule has 86 valence electrons. The molecule has 4 nitrogen and oxygen atoms in total. The quantitative estimate of drug-likeness (QED) is 0.820. The van der Waals surface area contributed by atoms with Gasteiger partial charge >= 0.3 is 0 Å². The normalized spacial score (nSPS) is 10.9. The van der Waals surface area contributed by atoms with E-state index in [2.05, 4.69) is 10.3 Å². The van der Waals surface area contributed by atoms with Crippen LogP contribution in [0.3, 0.4) is 0 Å². The van der Waals surface area contributed by atoms with Gasteiger partial charge in [-0.05, 0) is 26.0 Å². The monoisotopic (exact) mass is 239 g/mol. The summed E-state index contributed by atoms with van der Waals surface area (Å²) in [5, 5.41) is 12.3. The van der Waals surface area contributed by atoms with E-state index in [1.807, 2.05) is 19.9 Å². The van der Waals surface area contributed by atoms with Crippen molar-refractivity contribution in [3.05, 3.63) is 22.8 Å². The summed E-state index contributed by atoms with van der Waals surface area (Å²) in [5.41, 5.74) is 0.217. The number of methoxy groups -OCH3 is 1. The lowest BCUT2D eigenvalue weighted by Crippen LogP contribution is -2.36. The number of rotatable bonds is 4. The number of nitriles is 1. The van der Waals surface area contributed by atoms with Crippen molar-refractivity contribution in [2.24, 2.45) is 0 Å². The third-order valence-electron chi connectivity index (χ3n) is 1.89. The molecule has 0 aliphatic rings. The van der Waals surface area contributed by atoms with Crippen molar-refractivity contribution in [1.29, 1.82) is 5.26 Å². The number of aromatic nitrogens is 1. The van der Waals surface area contributed by atoms with Gasteiger partial charge in [0, 0.05) is 7.11 Å². The fourth-order valence-corrected chi connectivity index (χ4v) is 1.58. The molecule has 0 saturated carbocycles. The van der Waals surface area contributed by atoms with Gasteiger partial charge in [-0.25, -0.2) is 4.98 Å². The molecule has 0 atom stereocenters. The van der Waals surface area contributed by atoms with Crippen LogP contribution in [-0.2, 0) is 4.74 Å². The summed E-state index contributed by atoms with van der Waals surface area (Å²) in [5.74, 6) is 0.575. The van der Waals surface area contributed by atoms with E-state index in [0.29, 0.717) is 23.1 Å². The summed E-state index contributed by atoms with van der Waals surface area (Å²) in [4.78, 5) is 4.10. The Hall–Kier alpha value is -1.31. The van der Waals surface area contributed by atoms with Gasteiger partial charge in [0.2, 0.25) is 0 Å². The van der Waals surface area contributed by atoms with Crippen molar-refractivity contribution in [1.82, 2.24) is 4.98 Å². The van der Waals surface area contributed by atoms with Crippen molar-refractivity contribution in [2.75, 3.05) is 19.0 Å². The Morgan fingerprint density at radius 2 is 2.25 bits per heavy atom. The Morgan fingerprint density at radius 1 is 1.56 bits per heavy atom. The molecule has 1 rings (SSSR count). The summed E-state index contributed by atoms with van der Waals surface area (Å²) in [6, 6.07) is 5.21. The second kappa shape index (κ2) is 5.15. The highest BCUT2D eigenvalue weighted by atomic mass is 35.5. The van der Waals surface area contributed by atoms with Crippen LogP contribution in [0.1, 0.15) is 19.4 Å². The zero-order chi connectivity index (χ0) is 12.2. The van der Waals surface area contributed by atoms with E-state index in [0.717, 1.165) is 0 Å². The molecule has 0 aromatic carbocycles. The van der Waals surface area contributed by atoms with E-state index in [9.17, 15) is 0 Å². The molecule has 0 fully saturated rings. The van der Waals surface area contributed by atoms with Crippen LogP contribution in [0.15, 0.2) is 12.1 Å². The van der Waals surface area contributed by atoms with E-state index in [1.165, 1.54) is 6.07 Å². The average Bonchev–Trinajstić information content (AvgIpc) is 2.15. The molecule has 1 heterocycles. The Bertz CT molecular complexity index is 412. The fraction of sp³-hybridized carbons (Fsp3) is 0.455. The number of hydrogen-bond donors (Lipinski definition) is 1. The van der Waals surface area contributed by atoms with Crippen LogP contribution in [-0.4, -0.2) is 24.2 Å². The summed E-state index contributed by atoms with van der Waals surface area (Å²) >= 11 is 5.80. The average molecular weight is 240 g/mol. The lowest BCUT2D eigenvalue weighted by Gasteiger charge is -2.25. The number of hydrogen-bond acceptors (Lipinski definition) is 4. The van der Waals surface area contributed by atoms with Gasteiger partial charge in [-0.1, -0.05) is 11.6 Å². The Labute approximate surface area is 100 Å². The molecule has 0 spiro atoms. The lowest BCUT2D eigenvalue weighted by molar-refractivity contribution is 0.158. The van der Waals surface area contributed by atoms with Gasteiger partial charge in [0.25, 0.3) is 0 Å². The maximum atomic E-state index is 8.80. The number of anilines is 1. The van der Waals surface area contributed by atoms with Crippen LogP contribution >= 0.6 is 11.6 Å². The first-order valence-electron chi connectivity index (χ1n) is 4.81. The number of ether oxygens (including phenoxy) is 1. The van der Waals surface area contributed by atoms with Gasteiger partial charge in [0.1, 0.15) is 11.0 Å². The molecular formula is C11H14ClN3O. The first-order valence-corrected chi connectivity index (χ1v) is 5.19. The van der Waals surface area contributed by atoms with Crippen molar-refractivity contribution >= 4 is 17.4 Å². The van der Waals surface area contributed by atoms with E-state index < -0.39 is 0 Å². The minimum Gasteiger partial charge on any atom is -0.382 e. The van der Waals surface area contributed by atoms with E-state index in [4.69, 9.17) is 21.6 Å². The van der Waals surface area contributed by atoms with Crippen molar-refractivity contribution in [2.45, 2.75) is 19.4 Å². The summed E-state index contributed by atoms with van der Waals surface area (Å²) in [6.07, 6.45) is 0. The van der Waals surface area contributed by atoms with Gasteiger partial charge in [-0.15, -0.1) is 0 Å². The molecule has 1 aromatic heterocycles. The Morgan fingerprint density at radius 3 is 2.81 bits per heavy atom. The topological polar surface area (TPSA) is 57.9 Å². The largest absolute Gasteiger partial charge is 0.382 e. The van der Waals surface area contributed by atoms with Crippen LogP contribution in [0.4, 0.5) is 5.82 Å². The van der Waals surface area contributed by atoms with Crippen molar-refractivity contribution in [3.63, 3.8) is 0 Å². The fourth-order valence-electron chi connectivity index (χ4n) is 1.37. The predicted octanol–water partition coefficient (Wildman–Crippen LogP) is 2.44. The molecule has 0 radical (unpaired) electrons. The highest BCUT2D eigenvalue weighted by Gasteiger charge is 2.18. The zero-order valence-electron chi connectivity index (χ0n) is 9.54. The highest BCUT2D eigenvalue weighted by Crippen LogP contribution is 2.18. The summed E-state index contributed by atoms with van der Waals surface area (Å²) in [6.45, 7) is 4.49. The number of halogens is 1. The first-order chi connectivity index (χ1) is 7.46. The second-order valence-corrected chi connectivity index (χ2v) is 4.50. The van der Waals surface area contributed by atoms with Crippen LogP contribution in [0, 0.1) is 11.3 Å². The van der Waals surface area contributed by atoms with Gasteiger partial charge in [-0.3, -0.25) is 0 Å². The zero-order valence-corrected chi connectivity index (χ0v) is 10.3. The predicted molar refractivity (Wildman–Crippen MR) is 63.5 cm³/mol. The van der Waals surface area contributed by atoms with Gasteiger partial charge in [0.05, 0.1) is 23.8 Å². The highest BCUT2D eigenvalue weighted by molar-refractivity contribution is 6.29. The lowest BCUT2D eigenvalue weighted by atomic mass is 10.1. The molecule has 0 amide bonds. The molecule has 0 aliphatic carbocycles. The smallest absolute Gasteiger partial charge is 0.132 e.